The van der Waals surface area contributed by atoms with E-state index in [1.165, 1.54) is 12.1 Å². The molecule has 1 heterocycles. The molecule has 1 amide bonds. The van der Waals surface area contributed by atoms with Crippen molar-refractivity contribution in [1.29, 1.82) is 0 Å². The van der Waals surface area contributed by atoms with Crippen LogP contribution < -0.4 is 5.32 Å². The number of nitrogens with zero attached hydrogens (tertiary/aromatic N) is 1. The third-order valence-corrected chi connectivity index (χ3v) is 6.89. The van der Waals surface area contributed by atoms with Gasteiger partial charge in [0.25, 0.3) is 5.91 Å². The summed E-state index contributed by atoms with van der Waals surface area (Å²) in [4.78, 5) is 12.6. The van der Waals surface area contributed by atoms with Gasteiger partial charge in [0, 0.05) is 23.8 Å². The van der Waals surface area contributed by atoms with Crippen molar-refractivity contribution in [1.82, 2.24) is 4.31 Å². The smallest absolute Gasteiger partial charge is 0.255 e. The van der Waals surface area contributed by atoms with Crippen molar-refractivity contribution < 1.29 is 13.2 Å². The molecular weight excluding hydrogens is 348 g/mol. The summed E-state index contributed by atoms with van der Waals surface area (Å²) in [6.07, 6.45) is 2.84. The molecule has 0 saturated carbocycles. The maximum atomic E-state index is 12.8. The zero-order valence-electron chi connectivity index (χ0n) is 15.1. The Labute approximate surface area is 155 Å². The molecule has 0 aliphatic carbocycles. The molecule has 0 aromatic heterocycles. The van der Waals surface area contributed by atoms with Gasteiger partial charge in [-0.25, -0.2) is 8.42 Å². The molecule has 0 bridgehead atoms. The molecule has 0 spiro atoms. The van der Waals surface area contributed by atoms with Crippen LogP contribution in [0, 0.1) is 6.92 Å². The number of amides is 1. The van der Waals surface area contributed by atoms with Crippen molar-refractivity contribution in [2.45, 2.75) is 44.0 Å². The molecular formula is C20H24N2O3S. The number of piperidine rings is 1. The molecule has 5 nitrogen and oxygen atoms in total. The lowest BCUT2D eigenvalue weighted by Crippen LogP contribution is -2.41. The molecule has 1 N–H and O–H groups in total. The molecule has 0 radical (unpaired) electrons. The van der Waals surface area contributed by atoms with Crippen molar-refractivity contribution in [2.24, 2.45) is 0 Å². The number of sulfonamides is 1. The molecule has 3 rings (SSSR count). The molecule has 1 aliphatic heterocycles. The number of rotatable bonds is 4. The summed E-state index contributed by atoms with van der Waals surface area (Å²) in [6.45, 7) is 4.42. The number of carbonyl (C=O) groups is 1. The van der Waals surface area contributed by atoms with Gasteiger partial charge in [-0.05, 0) is 62.6 Å². The van der Waals surface area contributed by atoms with E-state index in [4.69, 9.17) is 0 Å². The second-order valence-corrected chi connectivity index (χ2v) is 8.64. The first kappa shape index (κ1) is 18.6. The average Bonchev–Trinajstić information content (AvgIpc) is 2.64. The number of hydrogen-bond acceptors (Lipinski definition) is 3. The van der Waals surface area contributed by atoms with Crippen LogP contribution in [-0.2, 0) is 10.0 Å². The van der Waals surface area contributed by atoms with Crippen molar-refractivity contribution in [3.05, 3.63) is 59.7 Å². The van der Waals surface area contributed by atoms with Crippen LogP contribution in [0.15, 0.2) is 53.4 Å². The predicted molar refractivity (Wildman–Crippen MR) is 103 cm³/mol. The van der Waals surface area contributed by atoms with Crippen LogP contribution >= 0.6 is 0 Å². The summed E-state index contributed by atoms with van der Waals surface area (Å²) in [5.74, 6) is -0.255. The fourth-order valence-corrected chi connectivity index (χ4v) is 4.95. The summed E-state index contributed by atoms with van der Waals surface area (Å²) in [6, 6.07) is 13.7. The van der Waals surface area contributed by atoms with E-state index in [1.54, 1.807) is 16.4 Å². The molecule has 2 aromatic carbocycles. The second-order valence-electron chi connectivity index (χ2n) is 6.75. The largest absolute Gasteiger partial charge is 0.322 e. The lowest BCUT2D eigenvalue weighted by molar-refractivity contribution is 0.102. The molecule has 138 valence electrons. The minimum atomic E-state index is -3.52. The normalized spacial score (nSPS) is 18.5. The SMILES string of the molecule is Cc1ccccc1NC(=O)c1ccc(S(=O)(=O)N2CCCCC2C)cc1. The van der Waals surface area contributed by atoms with Gasteiger partial charge in [-0.3, -0.25) is 4.79 Å². The van der Waals surface area contributed by atoms with Gasteiger partial charge in [0.1, 0.15) is 0 Å². The number of aryl methyl sites for hydroxylation is 1. The fourth-order valence-electron chi connectivity index (χ4n) is 3.25. The van der Waals surface area contributed by atoms with E-state index in [9.17, 15) is 13.2 Å². The standard InChI is InChI=1S/C20H24N2O3S/c1-15-7-3-4-9-19(15)21-20(23)17-10-12-18(13-11-17)26(24,25)22-14-6-5-8-16(22)2/h3-4,7,9-13,16H,5-6,8,14H2,1-2H3,(H,21,23). The zero-order valence-corrected chi connectivity index (χ0v) is 15.9. The van der Waals surface area contributed by atoms with E-state index in [1.807, 2.05) is 38.1 Å². The summed E-state index contributed by atoms with van der Waals surface area (Å²) in [5, 5.41) is 2.86. The predicted octanol–water partition coefficient (Wildman–Crippen LogP) is 3.81. The van der Waals surface area contributed by atoms with Crippen LogP contribution in [0.1, 0.15) is 42.1 Å². The Balaban J connectivity index is 1.77. The molecule has 1 unspecified atom stereocenters. The van der Waals surface area contributed by atoms with Crippen molar-refractivity contribution in [3.8, 4) is 0 Å². The van der Waals surface area contributed by atoms with E-state index in [0.717, 1.165) is 30.5 Å². The van der Waals surface area contributed by atoms with Gasteiger partial charge in [0.15, 0.2) is 0 Å². The minimum absolute atomic E-state index is 0.0118. The maximum Gasteiger partial charge on any atom is 0.255 e. The van der Waals surface area contributed by atoms with Crippen molar-refractivity contribution in [2.75, 3.05) is 11.9 Å². The molecule has 6 heteroatoms. The number of para-hydroxylation sites is 1. The van der Waals surface area contributed by atoms with Gasteiger partial charge in [-0.1, -0.05) is 24.6 Å². The van der Waals surface area contributed by atoms with Crippen LogP contribution in [0.25, 0.3) is 0 Å². The first-order valence-electron chi connectivity index (χ1n) is 8.88. The highest BCUT2D eigenvalue weighted by Gasteiger charge is 2.30. The first-order chi connectivity index (χ1) is 12.4. The van der Waals surface area contributed by atoms with Gasteiger partial charge < -0.3 is 5.32 Å². The number of nitrogens with one attached hydrogen (secondary N) is 1. The third-order valence-electron chi connectivity index (χ3n) is 4.86. The highest BCUT2D eigenvalue weighted by atomic mass is 32.2. The van der Waals surface area contributed by atoms with Crippen LogP contribution in [0.4, 0.5) is 5.69 Å². The van der Waals surface area contributed by atoms with E-state index in [-0.39, 0.29) is 16.8 Å². The minimum Gasteiger partial charge on any atom is -0.322 e. The second kappa shape index (κ2) is 7.60. The van der Waals surface area contributed by atoms with Gasteiger partial charge >= 0.3 is 0 Å². The highest BCUT2D eigenvalue weighted by Crippen LogP contribution is 2.25. The lowest BCUT2D eigenvalue weighted by Gasteiger charge is -2.32. The lowest BCUT2D eigenvalue weighted by atomic mass is 10.1. The Morgan fingerprint density at radius 3 is 2.42 bits per heavy atom. The molecule has 2 aromatic rings. The van der Waals surface area contributed by atoms with Crippen molar-refractivity contribution in [3.63, 3.8) is 0 Å². The fraction of sp³-hybridized carbons (Fsp3) is 0.350. The topological polar surface area (TPSA) is 66.5 Å². The molecule has 1 aliphatic rings. The number of anilines is 1. The number of benzene rings is 2. The van der Waals surface area contributed by atoms with Gasteiger partial charge in [0.2, 0.25) is 10.0 Å². The Kier molecular flexibility index (Phi) is 5.44. The monoisotopic (exact) mass is 372 g/mol. The van der Waals surface area contributed by atoms with E-state index in [0.29, 0.717) is 12.1 Å². The third kappa shape index (κ3) is 3.81. The average molecular weight is 372 g/mol. The summed E-state index contributed by atoms with van der Waals surface area (Å²) in [5.41, 5.74) is 2.15. The van der Waals surface area contributed by atoms with E-state index >= 15 is 0 Å². The Bertz CT molecular complexity index is 892. The van der Waals surface area contributed by atoms with Crippen molar-refractivity contribution >= 4 is 21.6 Å². The number of carbonyl (C=O) groups excluding carboxylic acids is 1. The zero-order chi connectivity index (χ0) is 18.7. The number of hydrogen-bond donors (Lipinski definition) is 1. The summed E-state index contributed by atoms with van der Waals surface area (Å²) >= 11 is 0. The van der Waals surface area contributed by atoms with Gasteiger partial charge in [-0.15, -0.1) is 0 Å². The summed E-state index contributed by atoms with van der Waals surface area (Å²) in [7, 11) is -3.52. The van der Waals surface area contributed by atoms with E-state index in [2.05, 4.69) is 5.32 Å². The highest BCUT2D eigenvalue weighted by molar-refractivity contribution is 7.89. The Hall–Kier alpha value is -2.18. The van der Waals surface area contributed by atoms with Crippen LogP contribution in [0.5, 0.6) is 0 Å². The molecule has 26 heavy (non-hydrogen) atoms. The Morgan fingerprint density at radius 1 is 1.08 bits per heavy atom. The maximum absolute atomic E-state index is 12.8. The first-order valence-corrected chi connectivity index (χ1v) is 10.3. The summed E-state index contributed by atoms with van der Waals surface area (Å²) < 4.78 is 27.2. The molecule has 1 saturated heterocycles. The van der Waals surface area contributed by atoms with Crippen LogP contribution in [0.2, 0.25) is 0 Å². The van der Waals surface area contributed by atoms with E-state index < -0.39 is 10.0 Å². The van der Waals surface area contributed by atoms with Gasteiger partial charge in [0.05, 0.1) is 4.90 Å². The van der Waals surface area contributed by atoms with Crippen LogP contribution in [0.3, 0.4) is 0 Å². The Morgan fingerprint density at radius 2 is 1.77 bits per heavy atom. The van der Waals surface area contributed by atoms with Crippen LogP contribution in [-0.4, -0.2) is 31.2 Å². The quantitative estimate of drug-likeness (QED) is 0.887. The molecule has 1 fully saturated rings. The molecule has 1 atom stereocenters. The van der Waals surface area contributed by atoms with Gasteiger partial charge in [-0.2, -0.15) is 4.31 Å².